The summed E-state index contributed by atoms with van der Waals surface area (Å²) < 4.78 is 6.74. The summed E-state index contributed by atoms with van der Waals surface area (Å²) in [6.45, 7) is 0. The Morgan fingerprint density at radius 1 is 0.938 bits per heavy atom. The summed E-state index contributed by atoms with van der Waals surface area (Å²) in [7, 11) is 0. The number of rotatable bonds is 3. The van der Waals surface area contributed by atoms with E-state index in [0.29, 0.717) is 11.4 Å². The van der Waals surface area contributed by atoms with Gasteiger partial charge in [-0.2, -0.15) is 5.11 Å². The Bertz CT molecular complexity index is 514. The molecule has 0 atom stereocenters. The number of hydrogen-bond acceptors (Lipinski definition) is 3. The molecule has 80 valence electrons. The molecule has 2 rings (SSSR count). The maximum atomic E-state index is 7.05. The lowest BCUT2D eigenvalue weighted by Gasteiger charge is -2.08. The number of halogens is 1. The van der Waals surface area contributed by atoms with Gasteiger partial charge in [-0.05, 0) is 46.9 Å². The molecule has 0 heterocycles. The quantitative estimate of drug-likeness (QED) is 0.643. The van der Waals surface area contributed by atoms with Gasteiger partial charge in [0.05, 0.1) is 3.57 Å². The molecule has 0 aliphatic carbocycles. The fourth-order valence-corrected chi connectivity index (χ4v) is 1.78. The van der Waals surface area contributed by atoms with Crippen LogP contribution >= 0.6 is 22.6 Å². The van der Waals surface area contributed by atoms with Gasteiger partial charge < -0.3 is 4.74 Å². The predicted molar refractivity (Wildman–Crippen MR) is 70.5 cm³/mol. The van der Waals surface area contributed by atoms with Crippen molar-refractivity contribution in [3.8, 4) is 11.5 Å². The van der Waals surface area contributed by atoms with Crippen LogP contribution in [0.15, 0.2) is 53.6 Å². The first-order chi connectivity index (χ1) is 7.81. The Balaban J connectivity index is 2.34. The largest absolute Gasteiger partial charge is 0.454 e. The lowest BCUT2D eigenvalue weighted by atomic mass is 10.3. The van der Waals surface area contributed by atoms with Gasteiger partial charge in [0, 0.05) is 0 Å². The number of benzene rings is 2. The van der Waals surface area contributed by atoms with Crippen LogP contribution in [-0.4, -0.2) is 0 Å². The minimum absolute atomic E-state index is 0.530. The number of hydrogen-bond donors (Lipinski definition) is 1. The van der Waals surface area contributed by atoms with Crippen molar-refractivity contribution in [2.45, 2.75) is 0 Å². The van der Waals surface area contributed by atoms with Crippen LogP contribution < -0.4 is 4.74 Å². The third-order valence-electron chi connectivity index (χ3n) is 2.04. The molecule has 2 aromatic rings. The average molecular weight is 324 g/mol. The molecule has 0 aliphatic rings. The van der Waals surface area contributed by atoms with Crippen molar-refractivity contribution >= 4 is 28.3 Å². The third kappa shape index (κ3) is 2.38. The summed E-state index contributed by atoms with van der Waals surface area (Å²) in [5.74, 6) is 1.38. The van der Waals surface area contributed by atoms with Gasteiger partial charge in [0.25, 0.3) is 0 Å². The minimum Gasteiger partial charge on any atom is -0.454 e. The van der Waals surface area contributed by atoms with Crippen molar-refractivity contribution in [3.63, 3.8) is 0 Å². The van der Waals surface area contributed by atoms with E-state index in [1.54, 1.807) is 12.1 Å². The highest BCUT2D eigenvalue weighted by atomic mass is 127. The van der Waals surface area contributed by atoms with Gasteiger partial charge in [-0.15, -0.1) is 0 Å². The standard InChI is InChI=1S/C12H9IN2O/c13-9-5-1-3-7-11(9)16-12-8-4-2-6-10(12)15-14/h1-8,14H. The molecule has 3 nitrogen and oxygen atoms in total. The van der Waals surface area contributed by atoms with E-state index in [-0.39, 0.29) is 0 Å². The van der Waals surface area contributed by atoms with E-state index >= 15 is 0 Å². The van der Waals surface area contributed by atoms with Gasteiger partial charge in [-0.3, -0.25) is 0 Å². The van der Waals surface area contributed by atoms with Gasteiger partial charge in [-0.25, -0.2) is 5.53 Å². The Morgan fingerprint density at radius 2 is 1.56 bits per heavy atom. The van der Waals surface area contributed by atoms with Crippen molar-refractivity contribution in [3.05, 3.63) is 52.1 Å². The van der Waals surface area contributed by atoms with Gasteiger partial charge in [0.2, 0.25) is 0 Å². The molecule has 16 heavy (non-hydrogen) atoms. The molecule has 1 N–H and O–H groups in total. The zero-order chi connectivity index (χ0) is 11.4. The molecule has 0 unspecified atom stereocenters. The molecule has 0 spiro atoms. The fraction of sp³-hybridized carbons (Fsp3) is 0. The molecule has 4 heteroatoms. The lowest BCUT2D eigenvalue weighted by Crippen LogP contribution is -1.86. The molecule has 0 fully saturated rings. The summed E-state index contributed by atoms with van der Waals surface area (Å²) in [5, 5.41) is 3.42. The number of para-hydroxylation sites is 3. The van der Waals surface area contributed by atoms with Crippen LogP contribution in [0.5, 0.6) is 11.5 Å². The van der Waals surface area contributed by atoms with Crippen LogP contribution in [0.2, 0.25) is 0 Å². The number of nitrogens with zero attached hydrogens (tertiary/aromatic N) is 1. The molecule has 0 aliphatic heterocycles. The number of ether oxygens (including phenoxy) is 1. The summed E-state index contributed by atoms with van der Waals surface area (Å²) in [6, 6.07) is 15.0. The van der Waals surface area contributed by atoms with Crippen LogP contribution in [0.1, 0.15) is 0 Å². The molecule has 0 bridgehead atoms. The van der Waals surface area contributed by atoms with Crippen molar-refractivity contribution in [2.24, 2.45) is 5.11 Å². The van der Waals surface area contributed by atoms with E-state index in [9.17, 15) is 0 Å². The first-order valence-electron chi connectivity index (χ1n) is 4.70. The van der Waals surface area contributed by atoms with Crippen molar-refractivity contribution in [2.75, 3.05) is 0 Å². The zero-order valence-electron chi connectivity index (χ0n) is 8.35. The summed E-state index contributed by atoms with van der Waals surface area (Å²) in [6.07, 6.45) is 0. The van der Waals surface area contributed by atoms with E-state index in [1.807, 2.05) is 36.4 Å². The topological polar surface area (TPSA) is 45.4 Å². The summed E-state index contributed by atoms with van der Waals surface area (Å²) in [5.41, 5.74) is 7.58. The smallest absolute Gasteiger partial charge is 0.154 e. The third-order valence-corrected chi connectivity index (χ3v) is 2.93. The Labute approximate surface area is 107 Å². The van der Waals surface area contributed by atoms with Crippen molar-refractivity contribution in [1.29, 1.82) is 5.53 Å². The van der Waals surface area contributed by atoms with Crippen LogP contribution in [0, 0.1) is 9.10 Å². The van der Waals surface area contributed by atoms with E-state index in [2.05, 4.69) is 27.7 Å². The maximum Gasteiger partial charge on any atom is 0.154 e. The SMILES string of the molecule is N=Nc1ccccc1Oc1ccccc1I. The van der Waals surface area contributed by atoms with Gasteiger partial charge in [-0.1, -0.05) is 24.3 Å². The molecular weight excluding hydrogens is 315 g/mol. The van der Waals surface area contributed by atoms with Crippen LogP contribution in [0.3, 0.4) is 0 Å². The second-order valence-electron chi connectivity index (χ2n) is 3.11. The van der Waals surface area contributed by atoms with Crippen LogP contribution in [-0.2, 0) is 0 Å². The molecule has 2 aromatic carbocycles. The van der Waals surface area contributed by atoms with Crippen molar-refractivity contribution < 1.29 is 4.74 Å². The Morgan fingerprint density at radius 3 is 2.25 bits per heavy atom. The highest BCUT2D eigenvalue weighted by Gasteiger charge is 2.05. The first kappa shape index (κ1) is 11.1. The first-order valence-corrected chi connectivity index (χ1v) is 5.78. The van der Waals surface area contributed by atoms with Crippen molar-refractivity contribution in [1.82, 2.24) is 0 Å². The van der Waals surface area contributed by atoms with E-state index in [1.165, 1.54) is 0 Å². The van der Waals surface area contributed by atoms with E-state index in [0.717, 1.165) is 9.32 Å². The second-order valence-corrected chi connectivity index (χ2v) is 4.27. The minimum atomic E-state index is 0.530. The predicted octanol–water partition coefficient (Wildman–Crippen LogP) is 4.75. The normalized spacial score (nSPS) is 9.81. The van der Waals surface area contributed by atoms with Crippen LogP contribution in [0.25, 0.3) is 0 Å². The lowest BCUT2D eigenvalue weighted by molar-refractivity contribution is 0.480. The maximum absolute atomic E-state index is 7.05. The highest BCUT2D eigenvalue weighted by molar-refractivity contribution is 14.1. The molecular formula is C12H9IN2O. The van der Waals surface area contributed by atoms with Gasteiger partial charge >= 0.3 is 0 Å². The monoisotopic (exact) mass is 324 g/mol. The molecule has 0 radical (unpaired) electrons. The van der Waals surface area contributed by atoms with E-state index < -0.39 is 0 Å². The Kier molecular flexibility index (Phi) is 3.51. The average Bonchev–Trinajstić information content (AvgIpc) is 2.33. The molecule has 0 aromatic heterocycles. The zero-order valence-corrected chi connectivity index (χ0v) is 10.5. The summed E-state index contributed by atoms with van der Waals surface area (Å²) in [4.78, 5) is 0. The fourth-order valence-electron chi connectivity index (χ4n) is 1.28. The number of nitrogens with one attached hydrogen (secondary N) is 1. The molecule has 0 amide bonds. The Hall–Kier alpha value is -1.43. The van der Waals surface area contributed by atoms with E-state index in [4.69, 9.17) is 10.3 Å². The van der Waals surface area contributed by atoms with Gasteiger partial charge in [0.1, 0.15) is 11.4 Å². The highest BCUT2D eigenvalue weighted by Crippen LogP contribution is 2.33. The molecule has 0 saturated heterocycles. The van der Waals surface area contributed by atoms with Gasteiger partial charge in [0.15, 0.2) is 5.75 Å². The summed E-state index contributed by atoms with van der Waals surface area (Å²) >= 11 is 2.21. The van der Waals surface area contributed by atoms with Crippen LogP contribution in [0.4, 0.5) is 5.69 Å². The molecule has 0 saturated carbocycles. The second kappa shape index (κ2) is 5.07.